The van der Waals surface area contributed by atoms with Crippen molar-refractivity contribution in [1.82, 2.24) is 4.90 Å². The first kappa shape index (κ1) is 12.0. The van der Waals surface area contributed by atoms with Crippen molar-refractivity contribution in [3.63, 3.8) is 0 Å². The van der Waals surface area contributed by atoms with Gasteiger partial charge in [-0.25, -0.2) is 0 Å². The summed E-state index contributed by atoms with van der Waals surface area (Å²) in [4.78, 5) is 4.46. The summed E-state index contributed by atoms with van der Waals surface area (Å²) >= 11 is 0. The highest BCUT2D eigenvalue weighted by Crippen LogP contribution is 2.41. The molecule has 2 aliphatic heterocycles. The van der Waals surface area contributed by atoms with Crippen molar-refractivity contribution < 1.29 is 0 Å². The van der Waals surface area contributed by atoms with Gasteiger partial charge in [-0.2, -0.15) is 10.5 Å². The van der Waals surface area contributed by atoms with E-state index in [-0.39, 0.29) is 6.04 Å². The first-order valence-electron chi connectivity index (χ1n) is 6.56. The van der Waals surface area contributed by atoms with E-state index in [1.807, 2.05) is 18.2 Å². The van der Waals surface area contributed by atoms with Crippen molar-refractivity contribution in [3.05, 3.63) is 29.8 Å². The maximum atomic E-state index is 9.57. The Labute approximate surface area is 113 Å². The molecular weight excluding hydrogens is 236 g/mol. The lowest BCUT2D eigenvalue weighted by Crippen LogP contribution is -2.61. The number of nitriles is 2. The molecule has 1 atom stereocenters. The summed E-state index contributed by atoms with van der Waals surface area (Å²) in [6.07, 6.45) is 0.533. The first-order valence-corrected chi connectivity index (χ1v) is 6.56. The van der Waals surface area contributed by atoms with E-state index < -0.39 is 5.41 Å². The van der Waals surface area contributed by atoms with Gasteiger partial charge in [-0.3, -0.25) is 0 Å². The van der Waals surface area contributed by atoms with Crippen LogP contribution < -0.4 is 4.90 Å². The van der Waals surface area contributed by atoms with Crippen molar-refractivity contribution in [2.45, 2.75) is 12.5 Å². The topological polar surface area (TPSA) is 54.1 Å². The molecule has 2 heterocycles. The quantitative estimate of drug-likeness (QED) is 0.700. The summed E-state index contributed by atoms with van der Waals surface area (Å²) in [5.74, 6) is 0. The zero-order valence-corrected chi connectivity index (χ0v) is 11.0. The second kappa shape index (κ2) is 4.26. The van der Waals surface area contributed by atoms with E-state index >= 15 is 0 Å². The first-order chi connectivity index (χ1) is 9.20. The van der Waals surface area contributed by atoms with Crippen molar-refractivity contribution in [2.75, 3.05) is 31.6 Å². The molecule has 96 valence electrons. The van der Waals surface area contributed by atoms with Gasteiger partial charge in [0, 0.05) is 31.7 Å². The summed E-state index contributed by atoms with van der Waals surface area (Å²) in [7, 11) is 2.05. The van der Waals surface area contributed by atoms with Crippen LogP contribution in [0.15, 0.2) is 24.3 Å². The molecule has 0 unspecified atom stereocenters. The van der Waals surface area contributed by atoms with E-state index in [9.17, 15) is 10.5 Å². The van der Waals surface area contributed by atoms with E-state index in [2.05, 4.69) is 35.1 Å². The van der Waals surface area contributed by atoms with Crippen molar-refractivity contribution >= 4 is 5.69 Å². The molecule has 19 heavy (non-hydrogen) atoms. The van der Waals surface area contributed by atoms with Crippen molar-refractivity contribution in [2.24, 2.45) is 5.41 Å². The van der Waals surface area contributed by atoms with E-state index in [4.69, 9.17) is 0 Å². The average Bonchev–Trinajstić information content (AvgIpc) is 2.46. The summed E-state index contributed by atoms with van der Waals surface area (Å²) in [6, 6.07) is 12.7. The lowest BCUT2D eigenvalue weighted by molar-refractivity contribution is 0.207. The summed E-state index contributed by atoms with van der Waals surface area (Å²) < 4.78 is 0. The van der Waals surface area contributed by atoms with Gasteiger partial charge in [0.1, 0.15) is 0 Å². The largest absolute Gasteiger partial charge is 0.363 e. The summed E-state index contributed by atoms with van der Waals surface area (Å²) in [5, 5.41) is 19.1. The third-order valence-electron chi connectivity index (χ3n) is 4.32. The minimum Gasteiger partial charge on any atom is -0.363 e. The van der Waals surface area contributed by atoms with E-state index in [1.165, 1.54) is 5.69 Å². The zero-order valence-electron chi connectivity index (χ0n) is 11.0. The third kappa shape index (κ3) is 1.69. The molecule has 0 bridgehead atoms. The third-order valence-corrected chi connectivity index (χ3v) is 4.32. The lowest BCUT2D eigenvalue weighted by atomic mass is 9.72. The van der Waals surface area contributed by atoms with Crippen LogP contribution in [0, 0.1) is 28.1 Å². The number of likely N-dealkylation sites (N-methyl/N-ethyl adjacent to an activating group) is 1. The second-order valence-electron chi connectivity index (χ2n) is 5.47. The Balaban J connectivity index is 2.13. The highest BCUT2D eigenvalue weighted by molar-refractivity contribution is 5.60. The van der Waals surface area contributed by atoms with Gasteiger partial charge in [0.05, 0.1) is 18.2 Å². The molecular formula is C15H16N4. The van der Waals surface area contributed by atoms with Gasteiger partial charge < -0.3 is 9.80 Å². The van der Waals surface area contributed by atoms with Gasteiger partial charge in [0.2, 0.25) is 0 Å². The molecule has 1 aromatic rings. The van der Waals surface area contributed by atoms with Crippen molar-refractivity contribution in [3.8, 4) is 12.1 Å². The maximum absolute atomic E-state index is 9.57. The lowest BCUT2D eigenvalue weighted by Gasteiger charge is -2.49. The number of para-hydroxylation sites is 1. The molecule has 2 aliphatic rings. The van der Waals surface area contributed by atoms with Gasteiger partial charge in [-0.1, -0.05) is 18.2 Å². The van der Waals surface area contributed by atoms with E-state index in [0.717, 1.165) is 25.2 Å². The Morgan fingerprint density at radius 2 is 1.95 bits per heavy atom. The molecule has 1 fully saturated rings. The number of hydrogen-bond donors (Lipinski definition) is 0. The maximum Gasteiger partial charge on any atom is 0.169 e. The summed E-state index contributed by atoms with van der Waals surface area (Å²) in [6.45, 7) is 2.62. The minimum absolute atomic E-state index is 0.0313. The fraction of sp³-hybridized carbons (Fsp3) is 0.467. The van der Waals surface area contributed by atoms with Crippen molar-refractivity contribution in [1.29, 1.82) is 10.5 Å². The zero-order chi connectivity index (χ0) is 13.5. The van der Waals surface area contributed by atoms with Crippen LogP contribution in [0.1, 0.15) is 5.56 Å². The molecule has 1 saturated heterocycles. The fourth-order valence-electron chi connectivity index (χ4n) is 3.24. The number of nitrogens with zero attached hydrogens (tertiary/aromatic N) is 4. The second-order valence-corrected chi connectivity index (χ2v) is 5.47. The molecule has 0 radical (unpaired) electrons. The van der Waals surface area contributed by atoms with Gasteiger partial charge in [0.25, 0.3) is 0 Å². The van der Waals surface area contributed by atoms with Gasteiger partial charge >= 0.3 is 0 Å². The fourth-order valence-corrected chi connectivity index (χ4v) is 3.24. The van der Waals surface area contributed by atoms with Crippen LogP contribution in [-0.4, -0.2) is 37.6 Å². The molecule has 0 aromatic heterocycles. The normalized spacial score (nSPS) is 24.8. The van der Waals surface area contributed by atoms with E-state index in [0.29, 0.717) is 6.42 Å². The average molecular weight is 252 g/mol. The van der Waals surface area contributed by atoms with Gasteiger partial charge in [-0.05, 0) is 18.7 Å². The monoisotopic (exact) mass is 252 g/mol. The number of hydrogen-bond acceptors (Lipinski definition) is 4. The summed E-state index contributed by atoms with van der Waals surface area (Å²) in [5.41, 5.74) is 1.39. The van der Waals surface area contributed by atoms with Crippen LogP contribution in [0.3, 0.4) is 0 Å². The number of rotatable bonds is 0. The van der Waals surface area contributed by atoms with Crippen LogP contribution in [0.2, 0.25) is 0 Å². The van der Waals surface area contributed by atoms with Crippen LogP contribution in [-0.2, 0) is 6.42 Å². The Kier molecular flexibility index (Phi) is 2.69. The molecule has 3 rings (SSSR count). The highest BCUT2D eigenvalue weighted by Gasteiger charge is 2.49. The molecule has 0 amide bonds. The predicted molar refractivity (Wildman–Crippen MR) is 72.4 cm³/mol. The molecule has 0 saturated carbocycles. The smallest absolute Gasteiger partial charge is 0.169 e. The molecule has 0 aliphatic carbocycles. The Morgan fingerprint density at radius 3 is 2.68 bits per heavy atom. The molecule has 0 N–H and O–H groups in total. The molecule has 4 nitrogen and oxygen atoms in total. The standard InChI is InChI=1S/C15H16N4/c1-18-6-7-19-13-5-3-2-4-12(13)8-15(10-16,11-17)14(19)9-18/h2-5,14H,6-9H2,1H3/t14-/m0/s1. The minimum atomic E-state index is -0.928. The highest BCUT2D eigenvalue weighted by atomic mass is 15.3. The Morgan fingerprint density at radius 1 is 1.21 bits per heavy atom. The van der Waals surface area contributed by atoms with Crippen LogP contribution in [0.5, 0.6) is 0 Å². The van der Waals surface area contributed by atoms with Crippen LogP contribution in [0.4, 0.5) is 5.69 Å². The number of piperazine rings is 1. The Bertz CT molecular complexity index is 567. The Hall–Kier alpha value is -2.04. The number of benzene rings is 1. The van der Waals surface area contributed by atoms with Crippen LogP contribution in [0.25, 0.3) is 0 Å². The molecule has 0 spiro atoms. The molecule has 1 aromatic carbocycles. The van der Waals surface area contributed by atoms with Gasteiger partial charge in [0.15, 0.2) is 5.41 Å². The van der Waals surface area contributed by atoms with Gasteiger partial charge in [-0.15, -0.1) is 0 Å². The number of fused-ring (bicyclic) bond motifs is 3. The molecule has 4 heteroatoms. The van der Waals surface area contributed by atoms with E-state index in [1.54, 1.807) is 0 Å². The predicted octanol–water partition coefficient (Wildman–Crippen LogP) is 1.40. The SMILES string of the molecule is CN1CCN2c3ccccc3CC(C#N)(C#N)[C@@H]2C1. The number of anilines is 1. The van der Waals surface area contributed by atoms with Crippen LogP contribution >= 0.6 is 0 Å².